The summed E-state index contributed by atoms with van der Waals surface area (Å²) in [5, 5.41) is 3.69. The molecule has 2 aliphatic rings. The van der Waals surface area contributed by atoms with Crippen molar-refractivity contribution in [3.63, 3.8) is 0 Å². The van der Waals surface area contributed by atoms with Gasteiger partial charge in [-0.1, -0.05) is 42.5 Å². The van der Waals surface area contributed by atoms with E-state index in [4.69, 9.17) is 9.47 Å². The van der Waals surface area contributed by atoms with Crippen LogP contribution in [0.2, 0.25) is 0 Å². The number of para-hydroxylation sites is 2. The predicted octanol–water partition coefficient (Wildman–Crippen LogP) is 5.76. The van der Waals surface area contributed by atoms with Crippen LogP contribution in [0, 0.1) is 0 Å². The first-order chi connectivity index (χ1) is 14.7. The van der Waals surface area contributed by atoms with E-state index < -0.39 is 0 Å². The maximum Gasteiger partial charge on any atom is 0.341 e. The normalized spacial score (nSPS) is 20.3. The SMILES string of the molecule is COc1cccc(C2C/C(=C3\Cc4ccccc4OC3=O)Nc3ccccc3S2)c1. The van der Waals surface area contributed by atoms with Crippen molar-refractivity contribution in [2.75, 3.05) is 12.4 Å². The first-order valence-corrected chi connectivity index (χ1v) is 10.8. The van der Waals surface area contributed by atoms with Gasteiger partial charge >= 0.3 is 5.97 Å². The number of nitrogens with one attached hydrogen (secondary N) is 1. The van der Waals surface area contributed by atoms with Crippen LogP contribution in [0.25, 0.3) is 0 Å². The van der Waals surface area contributed by atoms with E-state index in [-0.39, 0.29) is 11.2 Å². The van der Waals surface area contributed by atoms with Gasteiger partial charge in [-0.05, 0) is 41.5 Å². The monoisotopic (exact) mass is 415 g/mol. The Morgan fingerprint density at radius 1 is 1.03 bits per heavy atom. The fraction of sp³-hybridized carbons (Fsp3) is 0.160. The molecule has 0 aliphatic carbocycles. The quantitative estimate of drug-likeness (QED) is 0.328. The van der Waals surface area contributed by atoms with E-state index in [0.29, 0.717) is 24.2 Å². The molecule has 0 bridgehead atoms. The van der Waals surface area contributed by atoms with Crippen molar-refractivity contribution in [2.24, 2.45) is 0 Å². The number of ether oxygens (including phenoxy) is 2. The van der Waals surface area contributed by atoms with Gasteiger partial charge in [0.25, 0.3) is 0 Å². The van der Waals surface area contributed by atoms with Gasteiger partial charge in [-0.25, -0.2) is 4.79 Å². The second-order valence-electron chi connectivity index (χ2n) is 7.34. The first kappa shape index (κ1) is 18.8. The lowest BCUT2D eigenvalue weighted by molar-refractivity contribution is -0.130. The minimum Gasteiger partial charge on any atom is -0.497 e. The van der Waals surface area contributed by atoms with E-state index in [0.717, 1.165) is 27.6 Å². The number of esters is 1. The topological polar surface area (TPSA) is 47.6 Å². The number of hydrogen-bond donors (Lipinski definition) is 1. The highest BCUT2D eigenvalue weighted by molar-refractivity contribution is 7.99. The minimum absolute atomic E-state index is 0.142. The summed E-state index contributed by atoms with van der Waals surface area (Å²) in [5.74, 6) is 1.21. The van der Waals surface area contributed by atoms with Crippen LogP contribution < -0.4 is 14.8 Å². The molecule has 0 aromatic heterocycles. The molecule has 0 saturated carbocycles. The molecule has 2 aliphatic heterocycles. The average Bonchev–Trinajstić information content (AvgIpc) is 2.98. The molecule has 3 aromatic carbocycles. The van der Waals surface area contributed by atoms with Crippen LogP contribution in [0.4, 0.5) is 5.69 Å². The lowest BCUT2D eigenvalue weighted by Gasteiger charge is -2.22. The zero-order chi connectivity index (χ0) is 20.5. The molecule has 1 unspecified atom stereocenters. The van der Waals surface area contributed by atoms with Crippen LogP contribution in [-0.2, 0) is 11.2 Å². The van der Waals surface area contributed by atoms with Crippen LogP contribution in [0.15, 0.2) is 89.0 Å². The average molecular weight is 416 g/mol. The summed E-state index contributed by atoms with van der Waals surface area (Å²) in [6, 6.07) is 24.1. The molecule has 30 heavy (non-hydrogen) atoms. The largest absolute Gasteiger partial charge is 0.497 e. The summed E-state index contributed by atoms with van der Waals surface area (Å²) < 4.78 is 11.1. The van der Waals surface area contributed by atoms with E-state index in [1.54, 1.807) is 18.9 Å². The highest BCUT2D eigenvalue weighted by Crippen LogP contribution is 2.47. The Hall–Kier alpha value is -3.18. The van der Waals surface area contributed by atoms with Crippen molar-refractivity contribution < 1.29 is 14.3 Å². The third kappa shape index (κ3) is 3.57. The fourth-order valence-corrected chi connectivity index (χ4v) is 5.14. The van der Waals surface area contributed by atoms with E-state index in [1.807, 2.05) is 48.5 Å². The molecule has 0 spiro atoms. The highest BCUT2D eigenvalue weighted by atomic mass is 32.2. The first-order valence-electron chi connectivity index (χ1n) is 9.90. The molecule has 0 radical (unpaired) electrons. The molecule has 150 valence electrons. The summed E-state index contributed by atoms with van der Waals surface area (Å²) in [4.78, 5) is 14.0. The Morgan fingerprint density at radius 2 is 1.87 bits per heavy atom. The number of anilines is 1. The standard InChI is InChI=1S/C25H21NO3S/c1-28-18-9-6-8-17(13-18)24-15-21(26-20-10-3-5-12-23(20)30-24)19-14-16-7-2-4-11-22(16)29-25(19)27/h2-13,24,26H,14-15H2,1H3/b21-19-. The minimum atomic E-state index is -0.273. The predicted molar refractivity (Wildman–Crippen MR) is 119 cm³/mol. The van der Waals surface area contributed by atoms with Crippen LogP contribution in [-0.4, -0.2) is 13.1 Å². The van der Waals surface area contributed by atoms with Crippen LogP contribution in [0.1, 0.15) is 22.8 Å². The number of allylic oxidation sites excluding steroid dienone is 1. The molecular weight excluding hydrogens is 394 g/mol. The van der Waals surface area contributed by atoms with Gasteiger partial charge in [-0.2, -0.15) is 0 Å². The number of benzene rings is 3. The molecule has 3 aromatic rings. The number of fused-ring (bicyclic) bond motifs is 2. The molecule has 4 nitrogen and oxygen atoms in total. The van der Waals surface area contributed by atoms with E-state index in [1.165, 1.54) is 5.56 Å². The number of thioether (sulfide) groups is 1. The molecule has 0 amide bonds. The molecule has 5 rings (SSSR count). The molecule has 0 saturated heterocycles. The van der Waals surface area contributed by atoms with Crippen LogP contribution >= 0.6 is 11.8 Å². The van der Waals surface area contributed by atoms with Crippen molar-refractivity contribution >= 4 is 23.4 Å². The summed E-state index contributed by atoms with van der Waals surface area (Å²) >= 11 is 1.80. The smallest absolute Gasteiger partial charge is 0.341 e. The van der Waals surface area contributed by atoms with Crippen LogP contribution in [0.5, 0.6) is 11.5 Å². The summed E-state index contributed by atoms with van der Waals surface area (Å²) in [6.07, 6.45) is 1.26. The fourth-order valence-electron chi connectivity index (χ4n) is 3.90. The number of methoxy groups -OCH3 is 1. The van der Waals surface area contributed by atoms with Gasteiger partial charge in [0, 0.05) is 28.7 Å². The third-order valence-electron chi connectivity index (χ3n) is 5.45. The zero-order valence-corrected chi connectivity index (χ0v) is 17.4. The summed E-state index contributed by atoms with van der Waals surface area (Å²) in [5.41, 5.74) is 4.82. The van der Waals surface area contributed by atoms with Crippen molar-refractivity contribution in [3.8, 4) is 11.5 Å². The highest BCUT2D eigenvalue weighted by Gasteiger charge is 2.30. The summed E-state index contributed by atoms with van der Waals surface area (Å²) in [6.45, 7) is 0. The molecule has 0 fully saturated rings. The van der Waals surface area contributed by atoms with Crippen molar-refractivity contribution in [2.45, 2.75) is 23.0 Å². The Kier molecular flexibility index (Phi) is 4.97. The lowest BCUT2D eigenvalue weighted by Crippen LogP contribution is -2.23. The summed E-state index contributed by atoms with van der Waals surface area (Å²) in [7, 11) is 1.68. The molecule has 5 heteroatoms. The van der Waals surface area contributed by atoms with Crippen molar-refractivity contribution in [3.05, 3.63) is 95.2 Å². The van der Waals surface area contributed by atoms with Gasteiger partial charge in [0.2, 0.25) is 0 Å². The molecule has 1 atom stereocenters. The van der Waals surface area contributed by atoms with Gasteiger partial charge in [-0.15, -0.1) is 11.8 Å². The van der Waals surface area contributed by atoms with Gasteiger partial charge in [0.1, 0.15) is 11.5 Å². The van der Waals surface area contributed by atoms with Gasteiger partial charge in [-0.3, -0.25) is 0 Å². The van der Waals surface area contributed by atoms with Crippen molar-refractivity contribution in [1.82, 2.24) is 0 Å². The molecule has 2 heterocycles. The number of hydrogen-bond acceptors (Lipinski definition) is 5. The number of carbonyl (C=O) groups is 1. The molecule has 1 N–H and O–H groups in total. The van der Waals surface area contributed by atoms with Crippen LogP contribution in [0.3, 0.4) is 0 Å². The van der Waals surface area contributed by atoms with E-state index in [9.17, 15) is 4.79 Å². The van der Waals surface area contributed by atoms with Gasteiger partial charge in [0.05, 0.1) is 18.4 Å². The Labute approximate surface area is 179 Å². The maximum absolute atomic E-state index is 12.9. The van der Waals surface area contributed by atoms with E-state index >= 15 is 0 Å². The lowest BCUT2D eigenvalue weighted by atomic mass is 9.96. The van der Waals surface area contributed by atoms with Crippen molar-refractivity contribution in [1.29, 1.82) is 0 Å². The Balaban J connectivity index is 1.59. The second kappa shape index (κ2) is 7.92. The number of carbonyl (C=O) groups excluding carboxylic acids is 1. The Morgan fingerprint density at radius 3 is 2.77 bits per heavy atom. The van der Waals surface area contributed by atoms with E-state index in [2.05, 4.69) is 29.6 Å². The molecular formula is C25H21NO3S. The zero-order valence-electron chi connectivity index (χ0n) is 16.6. The Bertz CT molecular complexity index is 1150. The van der Waals surface area contributed by atoms with Gasteiger partial charge < -0.3 is 14.8 Å². The second-order valence-corrected chi connectivity index (χ2v) is 8.58. The third-order valence-corrected chi connectivity index (χ3v) is 6.78. The van der Waals surface area contributed by atoms with Gasteiger partial charge in [0.15, 0.2) is 0 Å². The maximum atomic E-state index is 12.9. The number of rotatable bonds is 2.